The van der Waals surface area contributed by atoms with Gasteiger partial charge in [-0.3, -0.25) is 0 Å². The molecule has 94 valence electrons. The fourth-order valence-corrected chi connectivity index (χ4v) is 2.71. The molecule has 0 aliphatic heterocycles. The third kappa shape index (κ3) is 3.80. The Kier molecular flexibility index (Phi) is 4.23. The van der Waals surface area contributed by atoms with Gasteiger partial charge in [-0.25, -0.2) is 0 Å². The molecule has 1 aliphatic carbocycles. The molecule has 3 heteroatoms. The van der Waals surface area contributed by atoms with E-state index in [1.165, 1.54) is 22.9 Å². The van der Waals surface area contributed by atoms with E-state index in [1.54, 1.807) is 0 Å². The third-order valence-corrected chi connectivity index (χ3v) is 4.16. The van der Waals surface area contributed by atoms with Crippen LogP contribution < -0.4 is 5.73 Å². The van der Waals surface area contributed by atoms with Crippen molar-refractivity contribution in [2.75, 3.05) is 26.7 Å². The molecule has 0 heterocycles. The van der Waals surface area contributed by atoms with E-state index in [4.69, 9.17) is 5.73 Å². The zero-order chi connectivity index (χ0) is 12.3. The summed E-state index contributed by atoms with van der Waals surface area (Å²) in [5.41, 5.74) is 7.65. The molecule has 1 aromatic rings. The van der Waals surface area contributed by atoms with Crippen LogP contribution in [0.25, 0.3) is 0 Å². The van der Waals surface area contributed by atoms with Crippen molar-refractivity contribution in [2.24, 2.45) is 11.1 Å². The SMILES string of the molecule is CN(CCc1cccc(Br)c1)CC1(CN)CC1. The molecule has 0 saturated heterocycles. The monoisotopic (exact) mass is 296 g/mol. The van der Waals surface area contributed by atoms with Gasteiger partial charge in [-0.1, -0.05) is 28.1 Å². The summed E-state index contributed by atoms with van der Waals surface area (Å²) in [5.74, 6) is 0. The van der Waals surface area contributed by atoms with Gasteiger partial charge in [-0.15, -0.1) is 0 Å². The molecule has 2 N–H and O–H groups in total. The van der Waals surface area contributed by atoms with Gasteiger partial charge in [0.1, 0.15) is 0 Å². The maximum Gasteiger partial charge on any atom is 0.0178 e. The number of nitrogens with two attached hydrogens (primary N) is 1. The second-order valence-electron chi connectivity index (χ2n) is 5.32. The van der Waals surface area contributed by atoms with Gasteiger partial charge in [-0.2, -0.15) is 0 Å². The maximum atomic E-state index is 5.81. The Morgan fingerprint density at radius 2 is 2.18 bits per heavy atom. The molecule has 0 atom stereocenters. The van der Waals surface area contributed by atoms with Gasteiger partial charge < -0.3 is 10.6 Å². The summed E-state index contributed by atoms with van der Waals surface area (Å²) in [6, 6.07) is 8.56. The molecule has 1 fully saturated rings. The van der Waals surface area contributed by atoms with Gasteiger partial charge in [-0.05, 0) is 56.0 Å². The van der Waals surface area contributed by atoms with E-state index in [-0.39, 0.29) is 0 Å². The number of halogens is 1. The summed E-state index contributed by atoms with van der Waals surface area (Å²) >= 11 is 3.51. The highest BCUT2D eigenvalue weighted by Crippen LogP contribution is 2.44. The number of nitrogens with zero attached hydrogens (tertiary/aromatic N) is 1. The van der Waals surface area contributed by atoms with Crippen molar-refractivity contribution in [3.8, 4) is 0 Å². The standard InChI is InChI=1S/C14H21BrN2/c1-17(11-14(10-16)6-7-14)8-5-12-3-2-4-13(15)9-12/h2-4,9H,5-8,10-11,16H2,1H3. The highest BCUT2D eigenvalue weighted by atomic mass is 79.9. The largest absolute Gasteiger partial charge is 0.330 e. The van der Waals surface area contributed by atoms with Gasteiger partial charge in [0, 0.05) is 17.6 Å². The lowest BCUT2D eigenvalue weighted by Gasteiger charge is -2.22. The fourth-order valence-electron chi connectivity index (χ4n) is 2.27. The van der Waals surface area contributed by atoms with E-state index in [0.29, 0.717) is 5.41 Å². The Hall–Kier alpha value is -0.380. The van der Waals surface area contributed by atoms with E-state index in [9.17, 15) is 0 Å². The molecule has 0 aromatic heterocycles. The third-order valence-electron chi connectivity index (χ3n) is 3.67. The highest BCUT2D eigenvalue weighted by Gasteiger charge is 2.41. The molecular formula is C14H21BrN2. The summed E-state index contributed by atoms with van der Waals surface area (Å²) in [6.45, 7) is 3.10. The molecule has 1 saturated carbocycles. The molecule has 2 rings (SSSR count). The predicted octanol–water partition coefficient (Wildman–Crippen LogP) is 2.66. The van der Waals surface area contributed by atoms with E-state index < -0.39 is 0 Å². The Bertz CT molecular complexity index is 374. The molecule has 0 amide bonds. The minimum atomic E-state index is 0.450. The summed E-state index contributed by atoms with van der Waals surface area (Å²) in [6.07, 6.45) is 3.73. The summed E-state index contributed by atoms with van der Waals surface area (Å²) in [5, 5.41) is 0. The lowest BCUT2D eigenvalue weighted by atomic mass is 10.1. The summed E-state index contributed by atoms with van der Waals surface area (Å²) < 4.78 is 1.17. The molecule has 0 unspecified atom stereocenters. The normalized spacial score (nSPS) is 17.4. The van der Waals surface area contributed by atoms with Crippen LogP contribution in [0, 0.1) is 5.41 Å². The molecule has 0 radical (unpaired) electrons. The van der Waals surface area contributed by atoms with E-state index in [0.717, 1.165) is 26.1 Å². The second kappa shape index (κ2) is 5.51. The Morgan fingerprint density at radius 3 is 2.76 bits per heavy atom. The molecule has 2 nitrogen and oxygen atoms in total. The van der Waals surface area contributed by atoms with Crippen molar-refractivity contribution in [2.45, 2.75) is 19.3 Å². The van der Waals surface area contributed by atoms with Crippen LogP contribution in [0.3, 0.4) is 0 Å². The van der Waals surface area contributed by atoms with Crippen LogP contribution in [-0.2, 0) is 6.42 Å². The van der Waals surface area contributed by atoms with Crippen molar-refractivity contribution in [1.82, 2.24) is 4.90 Å². The minimum absolute atomic E-state index is 0.450. The summed E-state index contributed by atoms with van der Waals surface area (Å²) in [4.78, 5) is 2.42. The van der Waals surface area contributed by atoms with Crippen LogP contribution in [0.1, 0.15) is 18.4 Å². The number of hydrogen-bond acceptors (Lipinski definition) is 2. The van der Waals surface area contributed by atoms with Crippen LogP contribution in [-0.4, -0.2) is 31.6 Å². The quantitative estimate of drug-likeness (QED) is 0.874. The van der Waals surface area contributed by atoms with E-state index >= 15 is 0 Å². The molecule has 0 spiro atoms. The Labute approximate surface area is 112 Å². The Balaban J connectivity index is 1.78. The number of rotatable bonds is 6. The van der Waals surface area contributed by atoms with E-state index in [2.05, 4.69) is 52.1 Å². The first-order valence-corrected chi connectivity index (χ1v) is 7.06. The molecule has 1 aromatic carbocycles. The number of benzene rings is 1. The van der Waals surface area contributed by atoms with Gasteiger partial charge in [0.25, 0.3) is 0 Å². The van der Waals surface area contributed by atoms with Gasteiger partial charge in [0.2, 0.25) is 0 Å². The van der Waals surface area contributed by atoms with Crippen LogP contribution >= 0.6 is 15.9 Å². The molecule has 1 aliphatic rings. The first kappa shape index (κ1) is 13.1. The average molecular weight is 297 g/mol. The minimum Gasteiger partial charge on any atom is -0.330 e. The fraction of sp³-hybridized carbons (Fsp3) is 0.571. The molecular weight excluding hydrogens is 276 g/mol. The van der Waals surface area contributed by atoms with Crippen LogP contribution in [0.15, 0.2) is 28.7 Å². The zero-order valence-corrected chi connectivity index (χ0v) is 12.0. The average Bonchev–Trinajstić information content (AvgIpc) is 3.07. The van der Waals surface area contributed by atoms with Crippen molar-refractivity contribution < 1.29 is 0 Å². The van der Waals surface area contributed by atoms with Crippen molar-refractivity contribution in [3.05, 3.63) is 34.3 Å². The predicted molar refractivity (Wildman–Crippen MR) is 76.1 cm³/mol. The lowest BCUT2D eigenvalue weighted by Crippen LogP contribution is -2.32. The molecule has 0 bridgehead atoms. The first-order valence-electron chi connectivity index (χ1n) is 6.27. The lowest BCUT2D eigenvalue weighted by molar-refractivity contribution is 0.269. The summed E-state index contributed by atoms with van der Waals surface area (Å²) in [7, 11) is 2.20. The second-order valence-corrected chi connectivity index (χ2v) is 6.24. The van der Waals surface area contributed by atoms with Crippen molar-refractivity contribution in [1.29, 1.82) is 0 Å². The highest BCUT2D eigenvalue weighted by molar-refractivity contribution is 9.10. The first-order chi connectivity index (χ1) is 8.13. The van der Waals surface area contributed by atoms with Crippen LogP contribution in [0.5, 0.6) is 0 Å². The van der Waals surface area contributed by atoms with Crippen molar-refractivity contribution in [3.63, 3.8) is 0 Å². The van der Waals surface area contributed by atoms with Gasteiger partial charge in [0.15, 0.2) is 0 Å². The van der Waals surface area contributed by atoms with E-state index in [1.807, 2.05) is 0 Å². The zero-order valence-electron chi connectivity index (χ0n) is 10.5. The van der Waals surface area contributed by atoms with Crippen LogP contribution in [0.2, 0.25) is 0 Å². The molecule has 17 heavy (non-hydrogen) atoms. The van der Waals surface area contributed by atoms with Gasteiger partial charge in [0.05, 0.1) is 0 Å². The topological polar surface area (TPSA) is 29.3 Å². The van der Waals surface area contributed by atoms with Crippen LogP contribution in [0.4, 0.5) is 0 Å². The van der Waals surface area contributed by atoms with Crippen molar-refractivity contribution >= 4 is 15.9 Å². The number of hydrogen-bond donors (Lipinski definition) is 1. The Morgan fingerprint density at radius 1 is 1.41 bits per heavy atom. The van der Waals surface area contributed by atoms with Gasteiger partial charge >= 0.3 is 0 Å². The number of likely N-dealkylation sites (N-methyl/N-ethyl adjacent to an activating group) is 1. The maximum absolute atomic E-state index is 5.81. The smallest absolute Gasteiger partial charge is 0.0178 e.